The smallest absolute Gasteiger partial charge is 0.370 e. The second kappa shape index (κ2) is 2.65. The Morgan fingerprint density at radius 3 is 1.91 bits per heavy atom. The molecule has 5 heteroatoms. The summed E-state index contributed by atoms with van der Waals surface area (Å²) in [5.41, 5.74) is -3.40. The van der Waals surface area contributed by atoms with Gasteiger partial charge in [0.25, 0.3) is 0 Å². The van der Waals surface area contributed by atoms with Gasteiger partial charge in [-0.15, -0.1) is 0 Å². The Morgan fingerprint density at radius 1 is 1.55 bits per heavy atom. The van der Waals surface area contributed by atoms with Gasteiger partial charge in [0.2, 0.25) is 5.60 Å². The highest BCUT2D eigenvalue weighted by Crippen LogP contribution is 2.31. The molecule has 0 fully saturated rings. The molecule has 0 spiro atoms. The van der Waals surface area contributed by atoms with E-state index in [0.29, 0.717) is 6.92 Å². The van der Waals surface area contributed by atoms with E-state index in [9.17, 15) is 18.0 Å². The first-order chi connectivity index (χ1) is 4.75. The zero-order valence-corrected chi connectivity index (χ0v) is 5.77. The second-order valence-electron chi connectivity index (χ2n) is 2.02. The highest BCUT2D eigenvalue weighted by atomic mass is 19.4. The van der Waals surface area contributed by atoms with Crippen molar-refractivity contribution in [2.75, 3.05) is 0 Å². The van der Waals surface area contributed by atoms with Crippen molar-refractivity contribution in [3.63, 3.8) is 0 Å². The minimum Gasteiger partial charge on any atom is -0.370 e. The molecule has 64 valence electrons. The normalized spacial score (nSPS) is 17.2. The molecule has 0 radical (unpaired) electrons. The largest absolute Gasteiger partial charge is 0.428 e. The molecule has 0 aromatic carbocycles. The Labute approximate surface area is 61.3 Å². The molecular formula is C6H7F3O2. The van der Waals surface area contributed by atoms with E-state index in [0.717, 1.165) is 0 Å². The molecular weight excluding hydrogens is 161 g/mol. The minimum atomic E-state index is -4.99. The van der Waals surface area contributed by atoms with Crippen molar-refractivity contribution in [3.8, 4) is 0 Å². The molecule has 0 saturated carbocycles. The summed E-state index contributed by atoms with van der Waals surface area (Å²) in [6.07, 6.45) is -4.81. The molecule has 1 atom stereocenters. The van der Waals surface area contributed by atoms with Crippen LogP contribution in [0.25, 0.3) is 0 Å². The third kappa shape index (κ3) is 1.59. The van der Waals surface area contributed by atoms with Gasteiger partial charge < -0.3 is 5.11 Å². The second-order valence-corrected chi connectivity index (χ2v) is 2.02. The predicted octanol–water partition coefficient (Wildman–Crippen LogP) is 1.05. The minimum absolute atomic E-state index is 0.176. The van der Waals surface area contributed by atoms with Crippen molar-refractivity contribution in [1.29, 1.82) is 0 Å². The fourth-order valence-electron chi connectivity index (χ4n) is 0.459. The van der Waals surface area contributed by atoms with Crippen LogP contribution in [0.2, 0.25) is 0 Å². The first-order valence-corrected chi connectivity index (χ1v) is 2.69. The standard InChI is InChI=1S/C6H7F3O2/c1-3-5(11,4(2)10)6(7,8)9/h3,11H,1H2,2H3. The molecule has 0 heterocycles. The Hall–Kier alpha value is -0.840. The summed E-state index contributed by atoms with van der Waals surface area (Å²) in [6, 6.07) is 0. The number of carbonyl (C=O) groups excluding carboxylic acids is 1. The summed E-state index contributed by atoms with van der Waals surface area (Å²) in [5, 5.41) is 8.64. The zero-order chi connectivity index (χ0) is 9.28. The summed E-state index contributed by atoms with van der Waals surface area (Å²) in [4.78, 5) is 10.3. The molecule has 0 aromatic rings. The number of carbonyl (C=O) groups is 1. The van der Waals surface area contributed by atoms with Crippen molar-refractivity contribution in [2.24, 2.45) is 0 Å². The highest BCUT2D eigenvalue weighted by molar-refractivity contribution is 5.87. The first kappa shape index (κ1) is 10.2. The van der Waals surface area contributed by atoms with E-state index in [2.05, 4.69) is 6.58 Å². The average Bonchev–Trinajstić information content (AvgIpc) is 1.83. The quantitative estimate of drug-likeness (QED) is 0.626. The van der Waals surface area contributed by atoms with Gasteiger partial charge in [-0.05, 0) is 13.0 Å². The average molecular weight is 168 g/mol. The van der Waals surface area contributed by atoms with Gasteiger partial charge >= 0.3 is 6.18 Å². The van der Waals surface area contributed by atoms with Crippen molar-refractivity contribution in [1.82, 2.24) is 0 Å². The van der Waals surface area contributed by atoms with Gasteiger partial charge in [0.05, 0.1) is 0 Å². The molecule has 0 rings (SSSR count). The number of rotatable bonds is 2. The van der Waals surface area contributed by atoms with Gasteiger partial charge in [-0.25, -0.2) is 0 Å². The molecule has 0 aliphatic carbocycles. The summed E-state index contributed by atoms with van der Waals surface area (Å²) in [6.45, 7) is 3.38. The van der Waals surface area contributed by atoms with Crippen molar-refractivity contribution in [3.05, 3.63) is 12.7 Å². The van der Waals surface area contributed by atoms with Crippen LogP contribution in [0.4, 0.5) is 13.2 Å². The lowest BCUT2D eigenvalue weighted by Gasteiger charge is -2.23. The highest BCUT2D eigenvalue weighted by Gasteiger charge is 2.55. The Balaban J connectivity index is 4.91. The van der Waals surface area contributed by atoms with Crippen LogP contribution < -0.4 is 0 Å². The number of hydrogen-bond acceptors (Lipinski definition) is 2. The number of aliphatic hydroxyl groups is 1. The van der Waals surface area contributed by atoms with Gasteiger partial charge in [-0.2, -0.15) is 13.2 Å². The van der Waals surface area contributed by atoms with Crippen LogP contribution in [-0.4, -0.2) is 22.7 Å². The molecule has 0 aliphatic rings. The van der Waals surface area contributed by atoms with E-state index in [1.165, 1.54) is 0 Å². The first-order valence-electron chi connectivity index (χ1n) is 2.69. The van der Waals surface area contributed by atoms with Gasteiger partial charge in [-0.1, -0.05) is 6.58 Å². The molecule has 0 amide bonds. The lowest BCUT2D eigenvalue weighted by atomic mass is 9.99. The molecule has 1 unspecified atom stereocenters. The zero-order valence-electron chi connectivity index (χ0n) is 5.77. The maximum atomic E-state index is 11.8. The van der Waals surface area contributed by atoms with Crippen molar-refractivity contribution in [2.45, 2.75) is 18.7 Å². The SMILES string of the molecule is C=CC(O)(C(C)=O)C(F)(F)F. The van der Waals surface area contributed by atoms with E-state index in [1.54, 1.807) is 0 Å². The molecule has 0 aromatic heterocycles. The van der Waals surface area contributed by atoms with Crippen molar-refractivity contribution < 1.29 is 23.1 Å². The van der Waals surface area contributed by atoms with Crippen LogP contribution in [0.3, 0.4) is 0 Å². The van der Waals surface area contributed by atoms with Gasteiger partial charge in [0.1, 0.15) is 0 Å². The maximum Gasteiger partial charge on any atom is 0.428 e. The summed E-state index contributed by atoms with van der Waals surface area (Å²) < 4.78 is 35.4. The summed E-state index contributed by atoms with van der Waals surface area (Å²) >= 11 is 0. The maximum absolute atomic E-state index is 11.8. The van der Waals surface area contributed by atoms with E-state index in [4.69, 9.17) is 5.11 Å². The Kier molecular flexibility index (Phi) is 2.45. The summed E-state index contributed by atoms with van der Waals surface area (Å²) in [5.74, 6) is -1.39. The van der Waals surface area contributed by atoms with Crippen LogP contribution >= 0.6 is 0 Å². The molecule has 0 aliphatic heterocycles. The van der Waals surface area contributed by atoms with E-state index < -0.39 is 17.6 Å². The molecule has 11 heavy (non-hydrogen) atoms. The van der Waals surface area contributed by atoms with Gasteiger partial charge in [0.15, 0.2) is 5.78 Å². The van der Waals surface area contributed by atoms with Crippen LogP contribution in [0.1, 0.15) is 6.92 Å². The molecule has 1 N–H and O–H groups in total. The monoisotopic (exact) mass is 168 g/mol. The van der Waals surface area contributed by atoms with Crippen LogP contribution in [0, 0.1) is 0 Å². The van der Waals surface area contributed by atoms with E-state index in [1.807, 2.05) is 0 Å². The third-order valence-corrected chi connectivity index (χ3v) is 1.26. The molecule has 0 saturated heterocycles. The lowest BCUT2D eigenvalue weighted by Crippen LogP contribution is -2.49. The van der Waals surface area contributed by atoms with E-state index >= 15 is 0 Å². The van der Waals surface area contributed by atoms with Gasteiger partial charge in [-0.3, -0.25) is 4.79 Å². The number of ketones is 1. The number of hydrogen-bond donors (Lipinski definition) is 1. The Morgan fingerprint density at radius 2 is 1.91 bits per heavy atom. The number of halogens is 3. The van der Waals surface area contributed by atoms with Gasteiger partial charge in [0, 0.05) is 0 Å². The number of alkyl halides is 3. The topological polar surface area (TPSA) is 37.3 Å². The van der Waals surface area contributed by atoms with Crippen LogP contribution in [0.5, 0.6) is 0 Å². The van der Waals surface area contributed by atoms with Crippen LogP contribution in [0.15, 0.2) is 12.7 Å². The fourth-order valence-corrected chi connectivity index (χ4v) is 0.459. The Bertz CT molecular complexity index is 185. The van der Waals surface area contributed by atoms with Crippen molar-refractivity contribution >= 4 is 5.78 Å². The predicted molar refractivity (Wildman–Crippen MR) is 31.9 cm³/mol. The lowest BCUT2D eigenvalue weighted by molar-refractivity contribution is -0.232. The summed E-state index contributed by atoms with van der Waals surface area (Å²) in [7, 11) is 0. The molecule has 0 bridgehead atoms. The van der Waals surface area contributed by atoms with Crippen LogP contribution in [-0.2, 0) is 4.79 Å². The number of Topliss-reactive ketones (excluding diaryl/α,β-unsaturated/α-hetero) is 1. The van der Waals surface area contributed by atoms with E-state index in [-0.39, 0.29) is 6.08 Å². The fraction of sp³-hybridized carbons (Fsp3) is 0.500. The third-order valence-electron chi connectivity index (χ3n) is 1.26. The molecule has 2 nitrogen and oxygen atoms in total.